The van der Waals surface area contributed by atoms with Crippen molar-refractivity contribution in [2.24, 2.45) is 0 Å². The van der Waals surface area contributed by atoms with Gasteiger partial charge >= 0.3 is 0 Å². The number of methoxy groups -OCH3 is 2. The number of rotatable bonds is 4. The highest BCUT2D eigenvalue weighted by Crippen LogP contribution is 2.37. The van der Waals surface area contributed by atoms with Gasteiger partial charge in [0, 0.05) is 22.1 Å². The lowest BCUT2D eigenvalue weighted by atomic mass is 10.0. The summed E-state index contributed by atoms with van der Waals surface area (Å²) in [5.74, 6) is 2.51. The number of hydrogen-bond acceptors (Lipinski definition) is 4. The Kier molecular flexibility index (Phi) is 5.07. The Morgan fingerprint density at radius 1 is 1.00 bits per heavy atom. The predicted octanol–water partition coefficient (Wildman–Crippen LogP) is 5.07. The van der Waals surface area contributed by atoms with E-state index in [-0.39, 0.29) is 0 Å². The molecule has 2 aromatic carbocycles. The summed E-state index contributed by atoms with van der Waals surface area (Å²) in [6, 6.07) is 14.2. The molecular weight excluding hydrogens is 406 g/mol. The summed E-state index contributed by atoms with van der Waals surface area (Å²) in [6.07, 6.45) is 3.30. The van der Waals surface area contributed by atoms with Crippen LogP contribution in [-0.4, -0.2) is 30.5 Å². The number of nitrogens with zero attached hydrogens (tertiary/aromatic N) is 2. The third-order valence-corrected chi connectivity index (χ3v) is 5.39. The maximum Gasteiger partial charge on any atom is 0.161 e. The topological polar surface area (TPSA) is 48.3 Å². The summed E-state index contributed by atoms with van der Waals surface area (Å²) >= 11 is 3.51. The minimum absolute atomic E-state index is 0.712. The molecule has 0 fully saturated rings. The van der Waals surface area contributed by atoms with E-state index in [9.17, 15) is 0 Å². The molecule has 3 aromatic rings. The molecule has 1 aromatic heterocycles. The molecule has 0 saturated heterocycles. The van der Waals surface area contributed by atoms with Crippen LogP contribution in [0.1, 0.15) is 18.4 Å². The quantitative estimate of drug-likeness (QED) is 0.631. The standard InChI is InChI=1S/C21H22BrN3O2/c1-26-18-11-6-14(13-19(18)27-2)20-17-5-3-4-12-23-21(17)25(24-20)16-9-7-15(22)8-10-16/h6-11,13,23H,3-5,12H2,1-2H3. The summed E-state index contributed by atoms with van der Waals surface area (Å²) in [5, 5.41) is 8.56. The molecule has 0 unspecified atom stereocenters. The Balaban J connectivity index is 1.87. The van der Waals surface area contributed by atoms with Crippen LogP contribution in [0.5, 0.6) is 11.5 Å². The van der Waals surface area contributed by atoms with E-state index in [0.29, 0.717) is 5.75 Å². The number of halogens is 1. The summed E-state index contributed by atoms with van der Waals surface area (Å²) in [4.78, 5) is 0. The predicted molar refractivity (Wildman–Crippen MR) is 111 cm³/mol. The lowest BCUT2D eigenvalue weighted by Crippen LogP contribution is -2.07. The van der Waals surface area contributed by atoms with E-state index in [2.05, 4.69) is 33.4 Å². The van der Waals surface area contributed by atoms with Gasteiger partial charge < -0.3 is 14.8 Å². The Morgan fingerprint density at radius 2 is 1.78 bits per heavy atom. The lowest BCUT2D eigenvalue weighted by molar-refractivity contribution is 0.355. The zero-order valence-corrected chi connectivity index (χ0v) is 17.0. The van der Waals surface area contributed by atoms with E-state index in [1.165, 1.54) is 5.56 Å². The highest BCUT2D eigenvalue weighted by molar-refractivity contribution is 9.10. The van der Waals surface area contributed by atoms with Crippen LogP contribution in [0.25, 0.3) is 16.9 Å². The molecule has 0 bridgehead atoms. The summed E-state index contributed by atoms with van der Waals surface area (Å²) < 4.78 is 13.9. The third-order valence-electron chi connectivity index (χ3n) is 4.86. The van der Waals surface area contributed by atoms with Gasteiger partial charge in [-0.05, 0) is 61.7 Å². The number of aromatic nitrogens is 2. The summed E-state index contributed by atoms with van der Waals surface area (Å²) in [6.45, 7) is 0.959. The molecule has 1 N–H and O–H groups in total. The van der Waals surface area contributed by atoms with Crippen molar-refractivity contribution in [1.82, 2.24) is 9.78 Å². The molecule has 0 saturated carbocycles. The molecule has 0 aliphatic carbocycles. The fraction of sp³-hybridized carbons (Fsp3) is 0.286. The maximum atomic E-state index is 5.49. The molecule has 140 valence electrons. The number of ether oxygens (including phenoxy) is 2. The van der Waals surface area contributed by atoms with Crippen molar-refractivity contribution < 1.29 is 9.47 Å². The highest BCUT2D eigenvalue weighted by atomic mass is 79.9. The Labute approximate surface area is 167 Å². The van der Waals surface area contributed by atoms with Crippen LogP contribution in [0.4, 0.5) is 5.82 Å². The van der Waals surface area contributed by atoms with Gasteiger partial charge in [-0.25, -0.2) is 4.68 Å². The van der Waals surface area contributed by atoms with Gasteiger partial charge in [0.25, 0.3) is 0 Å². The van der Waals surface area contributed by atoms with Crippen LogP contribution in [0.2, 0.25) is 0 Å². The SMILES string of the molecule is COc1ccc(-c2nn(-c3ccc(Br)cc3)c3c2CCCCN3)cc1OC. The van der Waals surface area contributed by atoms with Gasteiger partial charge in [-0.3, -0.25) is 0 Å². The van der Waals surface area contributed by atoms with Crippen LogP contribution in [0.15, 0.2) is 46.9 Å². The fourth-order valence-electron chi connectivity index (χ4n) is 3.49. The van der Waals surface area contributed by atoms with E-state index >= 15 is 0 Å². The molecule has 4 rings (SSSR count). The van der Waals surface area contributed by atoms with Crippen molar-refractivity contribution in [1.29, 1.82) is 0 Å². The number of hydrogen-bond donors (Lipinski definition) is 1. The molecular formula is C21H22BrN3O2. The first-order valence-corrected chi connectivity index (χ1v) is 9.84. The van der Waals surface area contributed by atoms with Crippen molar-refractivity contribution in [2.45, 2.75) is 19.3 Å². The van der Waals surface area contributed by atoms with E-state index in [4.69, 9.17) is 14.6 Å². The van der Waals surface area contributed by atoms with Crippen molar-refractivity contribution >= 4 is 21.7 Å². The van der Waals surface area contributed by atoms with Crippen LogP contribution in [0, 0.1) is 0 Å². The molecule has 1 aliphatic rings. The molecule has 27 heavy (non-hydrogen) atoms. The van der Waals surface area contributed by atoms with Gasteiger partial charge in [0.05, 0.1) is 25.6 Å². The number of nitrogens with one attached hydrogen (secondary N) is 1. The second kappa shape index (κ2) is 7.64. The van der Waals surface area contributed by atoms with E-state index < -0.39 is 0 Å². The molecule has 5 nitrogen and oxygen atoms in total. The van der Waals surface area contributed by atoms with Gasteiger partial charge in [-0.1, -0.05) is 15.9 Å². The van der Waals surface area contributed by atoms with Crippen molar-refractivity contribution in [3.63, 3.8) is 0 Å². The largest absolute Gasteiger partial charge is 0.493 e. The zero-order chi connectivity index (χ0) is 18.8. The van der Waals surface area contributed by atoms with Crippen LogP contribution >= 0.6 is 15.9 Å². The molecule has 2 heterocycles. The van der Waals surface area contributed by atoms with Crippen molar-refractivity contribution in [3.8, 4) is 28.4 Å². The zero-order valence-electron chi connectivity index (χ0n) is 15.5. The second-order valence-corrected chi connectivity index (χ2v) is 7.43. The highest BCUT2D eigenvalue weighted by Gasteiger charge is 2.22. The normalized spacial score (nSPS) is 13.4. The summed E-state index contributed by atoms with van der Waals surface area (Å²) in [7, 11) is 3.31. The molecule has 0 amide bonds. The monoisotopic (exact) mass is 427 g/mol. The number of anilines is 1. The molecule has 0 spiro atoms. The van der Waals surface area contributed by atoms with E-state index in [1.807, 2.05) is 35.0 Å². The average molecular weight is 428 g/mol. The van der Waals surface area contributed by atoms with Crippen LogP contribution < -0.4 is 14.8 Å². The Morgan fingerprint density at radius 3 is 2.52 bits per heavy atom. The Bertz CT molecular complexity index is 951. The molecule has 1 aliphatic heterocycles. The van der Waals surface area contributed by atoms with Crippen LogP contribution in [-0.2, 0) is 6.42 Å². The summed E-state index contributed by atoms with van der Waals surface area (Å²) in [5.41, 5.74) is 4.31. The van der Waals surface area contributed by atoms with Gasteiger partial charge in [-0.15, -0.1) is 0 Å². The first-order chi connectivity index (χ1) is 13.2. The molecule has 6 heteroatoms. The van der Waals surface area contributed by atoms with Crippen molar-refractivity contribution in [2.75, 3.05) is 26.1 Å². The van der Waals surface area contributed by atoms with Gasteiger partial charge in [-0.2, -0.15) is 5.10 Å². The van der Waals surface area contributed by atoms with Gasteiger partial charge in [0.15, 0.2) is 11.5 Å². The van der Waals surface area contributed by atoms with Crippen molar-refractivity contribution in [3.05, 3.63) is 52.5 Å². The molecule has 0 atom stereocenters. The molecule has 0 radical (unpaired) electrons. The second-order valence-electron chi connectivity index (χ2n) is 6.52. The lowest BCUT2D eigenvalue weighted by Gasteiger charge is -2.09. The van der Waals surface area contributed by atoms with E-state index in [0.717, 1.165) is 58.8 Å². The maximum absolute atomic E-state index is 5.49. The Hall–Kier alpha value is -2.47. The average Bonchev–Trinajstić information content (AvgIpc) is 2.89. The van der Waals surface area contributed by atoms with Gasteiger partial charge in [0.2, 0.25) is 0 Å². The smallest absolute Gasteiger partial charge is 0.161 e. The fourth-order valence-corrected chi connectivity index (χ4v) is 3.75. The number of fused-ring (bicyclic) bond motifs is 1. The van der Waals surface area contributed by atoms with Crippen LogP contribution in [0.3, 0.4) is 0 Å². The van der Waals surface area contributed by atoms with E-state index in [1.54, 1.807) is 14.2 Å². The van der Waals surface area contributed by atoms with Gasteiger partial charge in [0.1, 0.15) is 5.82 Å². The minimum atomic E-state index is 0.712. The third kappa shape index (κ3) is 3.41. The number of benzene rings is 2. The first-order valence-electron chi connectivity index (χ1n) is 9.05. The first kappa shape index (κ1) is 17.9. The minimum Gasteiger partial charge on any atom is -0.493 e.